The molecule has 1 aromatic rings. The second-order valence-electron chi connectivity index (χ2n) is 6.21. The molecule has 1 aromatic heterocycles. The van der Waals surface area contributed by atoms with Crippen LogP contribution in [-0.4, -0.2) is 34.5 Å². The molecule has 3 atom stereocenters. The van der Waals surface area contributed by atoms with E-state index in [0.717, 1.165) is 17.9 Å². The second kappa shape index (κ2) is 5.54. The van der Waals surface area contributed by atoms with E-state index in [1.54, 1.807) is 0 Å². The predicted octanol–water partition coefficient (Wildman–Crippen LogP) is 2.41. The number of carboxylic acids is 1. The van der Waals surface area contributed by atoms with Crippen LogP contribution in [0.5, 0.6) is 0 Å². The molecule has 1 N–H and O–H groups in total. The van der Waals surface area contributed by atoms with Gasteiger partial charge in [-0.25, -0.2) is 4.79 Å². The molecule has 114 valence electrons. The average Bonchev–Trinajstić information content (AvgIpc) is 2.90. The Morgan fingerprint density at radius 2 is 2.19 bits per heavy atom. The minimum Gasteiger partial charge on any atom is -0.480 e. The van der Waals surface area contributed by atoms with Crippen molar-refractivity contribution in [3.05, 3.63) is 23.7 Å². The van der Waals surface area contributed by atoms with E-state index in [-0.39, 0.29) is 5.91 Å². The molecule has 2 aliphatic rings. The van der Waals surface area contributed by atoms with Crippen LogP contribution in [0, 0.1) is 5.92 Å². The lowest BCUT2D eigenvalue weighted by Crippen LogP contribution is -2.40. The van der Waals surface area contributed by atoms with Crippen molar-refractivity contribution in [1.29, 1.82) is 0 Å². The lowest BCUT2D eigenvalue weighted by molar-refractivity contribution is -0.148. The molecule has 1 saturated heterocycles. The van der Waals surface area contributed by atoms with Gasteiger partial charge in [0.1, 0.15) is 17.6 Å². The number of carboxylic acid groups (broad SMARTS) is 1. The highest BCUT2D eigenvalue weighted by atomic mass is 16.4. The highest BCUT2D eigenvalue weighted by Crippen LogP contribution is 2.47. The number of hydrogen-bond donors (Lipinski definition) is 1. The molecule has 5 nitrogen and oxygen atoms in total. The van der Waals surface area contributed by atoms with Crippen LogP contribution in [0.3, 0.4) is 0 Å². The number of rotatable bonds is 5. The number of aryl methyl sites for hydroxylation is 1. The van der Waals surface area contributed by atoms with Gasteiger partial charge in [0, 0.05) is 25.3 Å². The van der Waals surface area contributed by atoms with Crippen LogP contribution in [-0.2, 0) is 16.0 Å². The highest BCUT2D eigenvalue weighted by molar-refractivity contribution is 5.84. The Hall–Kier alpha value is -1.78. The predicted molar refractivity (Wildman–Crippen MR) is 75.9 cm³/mol. The van der Waals surface area contributed by atoms with Gasteiger partial charge in [0.05, 0.1) is 0 Å². The summed E-state index contributed by atoms with van der Waals surface area (Å²) in [5, 5.41) is 9.10. The van der Waals surface area contributed by atoms with Gasteiger partial charge in [-0.2, -0.15) is 0 Å². The van der Waals surface area contributed by atoms with Crippen molar-refractivity contribution < 1.29 is 19.1 Å². The number of aliphatic carboxylic acids is 1. The molecule has 0 spiro atoms. The van der Waals surface area contributed by atoms with E-state index in [2.05, 4.69) is 6.92 Å². The molecule has 2 heterocycles. The number of amides is 1. The molecule has 1 aliphatic carbocycles. The maximum atomic E-state index is 12.2. The molecule has 2 unspecified atom stereocenters. The maximum absolute atomic E-state index is 12.2. The molecular weight excluding hydrogens is 270 g/mol. The molecule has 2 fully saturated rings. The number of carbonyl (C=O) groups excluding carboxylic acids is 1. The molecule has 3 rings (SSSR count). The third-order valence-corrected chi connectivity index (χ3v) is 4.60. The minimum atomic E-state index is -0.899. The zero-order chi connectivity index (χ0) is 15.0. The first-order valence-electron chi connectivity index (χ1n) is 7.67. The van der Waals surface area contributed by atoms with Crippen molar-refractivity contribution in [3.8, 4) is 0 Å². The third kappa shape index (κ3) is 2.96. The van der Waals surface area contributed by atoms with E-state index >= 15 is 0 Å². The van der Waals surface area contributed by atoms with Crippen LogP contribution < -0.4 is 0 Å². The van der Waals surface area contributed by atoms with Gasteiger partial charge in [0.2, 0.25) is 5.91 Å². The molecule has 0 radical (unpaired) electrons. The summed E-state index contributed by atoms with van der Waals surface area (Å²) in [6.45, 7) is 2.76. The van der Waals surface area contributed by atoms with E-state index in [0.29, 0.717) is 37.6 Å². The normalized spacial score (nSPS) is 27.9. The summed E-state index contributed by atoms with van der Waals surface area (Å²) in [4.78, 5) is 24.7. The van der Waals surface area contributed by atoms with E-state index in [1.807, 2.05) is 12.1 Å². The smallest absolute Gasteiger partial charge is 0.326 e. The first-order chi connectivity index (χ1) is 10.1. The first kappa shape index (κ1) is 14.2. The van der Waals surface area contributed by atoms with E-state index in [1.165, 1.54) is 11.3 Å². The molecule has 1 saturated carbocycles. The van der Waals surface area contributed by atoms with Gasteiger partial charge in [-0.05, 0) is 37.3 Å². The van der Waals surface area contributed by atoms with Crippen molar-refractivity contribution in [2.75, 3.05) is 6.54 Å². The fourth-order valence-electron chi connectivity index (χ4n) is 3.14. The largest absolute Gasteiger partial charge is 0.480 e. The van der Waals surface area contributed by atoms with E-state index in [4.69, 9.17) is 9.52 Å². The zero-order valence-electron chi connectivity index (χ0n) is 12.2. The van der Waals surface area contributed by atoms with Crippen LogP contribution in [0.4, 0.5) is 0 Å². The van der Waals surface area contributed by atoms with Crippen molar-refractivity contribution in [3.63, 3.8) is 0 Å². The number of hydrogen-bond acceptors (Lipinski definition) is 3. The Labute approximate surface area is 123 Å². The van der Waals surface area contributed by atoms with Crippen LogP contribution >= 0.6 is 0 Å². The monoisotopic (exact) mass is 291 g/mol. The van der Waals surface area contributed by atoms with Gasteiger partial charge in [0.15, 0.2) is 0 Å². The van der Waals surface area contributed by atoms with Crippen molar-refractivity contribution >= 4 is 11.9 Å². The number of likely N-dealkylation sites (tertiary alicyclic amines) is 1. The molecule has 0 bridgehead atoms. The van der Waals surface area contributed by atoms with Gasteiger partial charge in [-0.1, -0.05) is 6.92 Å². The number of carbonyl (C=O) groups is 2. The zero-order valence-corrected chi connectivity index (χ0v) is 12.2. The summed E-state index contributed by atoms with van der Waals surface area (Å²) in [5.41, 5.74) is 0. The number of furan rings is 1. The van der Waals surface area contributed by atoms with E-state index in [9.17, 15) is 9.59 Å². The molecule has 5 heteroatoms. The third-order valence-electron chi connectivity index (χ3n) is 4.60. The van der Waals surface area contributed by atoms with Crippen molar-refractivity contribution in [2.45, 2.75) is 51.0 Å². The van der Waals surface area contributed by atoms with Gasteiger partial charge in [-0.3, -0.25) is 4.79 Å². The van der Waals surface area contributed by atoms with Gasteiger partial charge < -0.3 is 14.4 Å². The van der Waals surface area contributed by atoms with Gasteiger partial charge in [0.25, 0.3) is 0 Å². The molecule has 21 heavy (non-hydrogen) atoms. The Kier molecular flexibility index (Phi) is 3.74. The van der Waals surface area contributed by atoms with E-state index < -0.39 is 12.0 Å². The lowest BCUT2D eigenvalue weighted by atomic mass is 10.2. The van der Waals surface area contributed by atoms with Crippen molar-refractivity contribution in [2.24, 2.45) is 5.92 Å². The minimum absolute atomic E-state index is 0.0855. The van der Waals surface area contributed by atoms with Crippen molar-refractivity contribution in [1.82, 2.24) is 4.90 Å². The van der Waals surface area contributed by atoms with Crippen LogP contribution in [0.25, 0.3) is 0 Å². The Morgan fingerprint density at radius 1 is 1.43 bits per heavy atom. The number of nitrogens with zero attached hydrogens (tertiary/aromatic N) is 1. The molecule has 1 aliphatic heterocycles. The molecule has 1 amide bonds. The van der Waals surface area contributed by atoms with Crippen LogP contribution in [0.15, 0.2) is 16.5 Å². The standard InChI is InChI=1S/C16H21NO4/c1-10-9-12(10)14-6-4-11(21-14)5-7-15(18)17-8-2-3-13(17)16(19)20/h4,6,10,12-13H,2-3,5,7-9H2,1H3,(H,19,20)/t10?,12?,13-/m0/s1. The summed E-state index contributed by atoms with van der Waals surface area (Å²) >= 11 is 0. The fraction of sp³-hybridized carbons (Fsp3) is 0.625. The summed E-state index contributed by atoms with van der Waals surface area (Å²) in [6.07, 6.45) is 3.37. The molecular formula is C16H21NO4. The average molecular weight is 291 g/mol. The Morgan fingerprint density at radius 3 is 2.86 bits per heavy atom. The Balaban J connectivity index is 1.53. The first-order valence-corrected chi connectivity index (χ1v) is 7.67. The van der Waals surface area contributed by atoms with Gasteiger partial charge >= 0.3 is 5.97 Å². The lowest BCUT2D eigenvalue weighted by Gasteiger charge is -2.21. The van der Waals surface area contributed by atoms with Gasteiger partial charge in [-0.15, -0.1) is 0 Å². The quantitative estimate of drug-likeness (QED) is 0.904. The SMILES string of the molecule is CC1CC1c1ccc(CCC(=O)N2CCC[C@H]2C(=O)O)o1. The molecule has 0 aromatic carbocycles. The Bertz CT molecular complexity index is 550. The van der Waals surface area contributed by atoms with Crippen LogP contribution in [0.1, 0.15) is 50.0 Å². The summed E-state index contributed by atoms with van der Waals surface area (Å²) in [5.74, 6) is 2.11. The summed E-state index contributed by atoms with van der Waals surface area (Å²) in [7, 11) is 0. The second-order valence-corrected chi connectivity index (χ2v) is 6.21. The topological polar surface area (TPSA) is 70.8 Å². The summed E-state index contributed by atoms with van der Waals surface area (Å²) < 4.78 is 5.78. The van der Waals surface area contributed by atoms with Crippen LogP contribution in [0.2, 0.25) is 0 Å². The fourth-order valence-corrected chi connectivity index (χ4v) is 3.14. The highest BCUT2D eigenvalue weighted by Gasteiger charge is 2.37. The maximum Gasteiger partial charge on any atom is 0.326 e. The summed E-state index contributed by atoms with van der Waals surface area (Å²) in [6, 6.07) is 3.30.